The van der Waals surface area contributed by atoms with E-state index in [1.165, 1.54) is 0 Å². The van der Waals surface area contributed by atoms with Gasteiger partial charge in [0.25, 0.3) is 0 Å². The molecule has 144 valence electrons. The Kier molecular flexibility index (Phi) is 5.73. The number of Topliss-reactive ketones (excluding diaryl/α,β-unsaturated/α-hetero) is 1. The van der Waals surface area contributed by atoms with Crippen LogP contribution in [0.1, 0.15) is 48.8 Å². The van der Waals surface area contributed by atoms with E-state index >= 15 is 0 Å². The lowest BCUT2D eigenvalue weighted by atomic mass is 9.96. The van der Waals surface area contributed by atoms with Crippen molar-refractivity contribution in [2.75, 3.05) is 0 Å². The monoisotopic (exact) mass is 414 g/mol. The van der Waals surface area contributed by atoms with Gasteiger partial charge in [0.05, 0.1) is 39.0 Å². The summed E-state index contributed by atoms with van der Waals surface area (Å²) in [6, 6.07) is 10.8. The highest BCUT2D eigenvalue weighted by Crippen LogP contribution is 2.31. The summed E-state index contributed by atoms with van der Waals surface area (Å²) in [5.41, 5.74) is 4.12. The highest BCUT2D eigenvalue weighted by molar-refractivity contribution is 6.41. The first-order valence-corrected chi connectivity index (χ1v) is 9.58. The Labute approximate surface area is 174 Å². The maximum Gasteiger partial charge on any atom is 0.199 e. The number of benzene rings is 2. The number of hydrogen-bond donors (Lipinski definition) is 0. The molecule has 0 aliphatic carbocycles. The quantitative estimate of drug-likeness (QED) is 0.531. The van der Waals surface area contributed by atoms with Crippen LogP contribution in [-0.2, 0) is 13.5 Å². The number of hydrogen-bond acceptors (Lipinski definition) is 3. The molecule has 0 unspecified atom stereocenters. The minimum Gasteiger partial charge on any atom is -0.294 e. The summed E-state index contributed by atoms with van der Waals surface area (Å²) < 4.78 is 1.58. The van der Waals surface area contributed by atoms with Crippen LogP contribution in [0.2, 0.25) is 10.0 Å². The van der Waals surface area contributed by atoms with Crippen LogP contribution in [0.15, 0.2) is 36.4 Å². The van der Waals surface area contributed by atoms with Crippen LogP contribution in [0.3, 0.4) is 0 Å². The van der Waals surface area contributed by atoms with Crippen molar-refractivity contribution >= 4 is 34.8 Å². The van der Waals surface area contributed by atoms with E-state index in [4.69, 9.17) is 23.2 Å². The van der Waals surface area contributed by atoms with E-state index in [-0.39, 0.29) is 28.6 Å². The van der Waals surface area contributed by atoms with E-state index in [1.807, 2.05) is 26.0 Å². The highest BCUT2D eigenvalue weighted by atomic mass is 35.5. The minimum absolute atomic E-state index is 0.0581. The van der Waals surface area contributed by atoms with Crippen molar-refractivity contribution in [3.05, 3.63) is 85.6 Å². The van der Waals surface area contributed by atoms with Crippen molar-refractivity contribution in [2.45, 2.75) is 27.2 Å². The highest BCUT2D eigenvalue weighted by Gasteiger charge is 2.27. The second-order valence-corrected chi connectivity index (χ2v) is 7.66. The molecular weight excluding hydrogens is 395 g/mol. The molecule has 0 N–H and O–H groups in total. The molecule has 0 fully saturated rings. The van der Waals surface area contributed by atoms with Crippen molar-refractivity contribution in [1.29, 1.82) is 0 Å². The van der Waals surface area contributed by atoms with Crippen LogP contribution in [-0.4, -0.2) is 21.3 Å². The van der Waals surface area contributed by atoms with Gasteiger partial charge in [0.1, 0.15) is 0 Å². The van der Waals surface area contributed by atoms with Crippen molar-refractivity contribution in [1.82, 2.24) is 9.78 Å². The Balaban J connectivity index is 2.04. The van der Waals surface area contributed by atoms with Gasteiger partial charge in [-0.15, -0.1) is 0 Å². The van der Waals surface area contributed by atoms with Crippen LogP contribution in [0.25, 0.3) is 0 Å². The van der Waals surface area contributed by atoms with E-state index in [1.54, 1.807) is 42.9 Å². The van der Waals surface area contributed by atoms with Crippen LogP contribution >= 0.6 is 23.2 Å². The van der Waals surface area contributed by atoms with E-state index in [0.717, 1.165) is 11.1 Å². The maximum absolute atomic E-state index is 13.3. The SMILES string of the molecule is Cc1ccc(C(=O)Cc2c(C(=O)c3c(Cl)ccc(C)c3Cl)c(C)nn2C)cc1. The van der Waals surface area contributed by atoms with E-state index in [9.17, 15) is 9.59 Å². The molecule has 0 amide bonds. The minimum atomic E-state index is -0.323. The topological polar surface area (TPSA) is 52.0 Å². The molecule has 0 saturated carbocycles. The number of carbonyl (C=O) groups is 2. The number of aromatic nitrogens is 2. The van der Waals surface area contributed by atoms with Gasteiger partial charge in [-0.25, -0.2) is 0 Å². The molecule has 0 bridgehead atoms. The molecule has 6 heteroatoms. The third-order valence-electron chi connectivity index (χ3n) is 4.78. The summed E-state index contributed by atoms with van der Waals surface area (Å²) >= 11 is 12.6. The van der Waals surface area contributed by atoms with Crippen molar-refractivity contribution in [3.63, 3.8) is 0 Å². The third kappa shape index (κ3) is 3.75. The zero-order valence-electron chi connectivity index (χ0n) is 16.1. The number of halogens is 2. The Hall–Kier alpha value is -2.43. The molecule has 0 atom stereocenters. The number of ketones is 2. The van der Waals surface area contributed by atoms with Gasteiger partial charge in [-0.1, -0.05) is 59.1 Å². The average Bonchev–Trinajstić information content (AvgIpc) is 2.92. The second-order valence-electron chi connectivity index (χ2n) is 6.88. The summed E-state index contributed by atoms with van der Waals surface area (Å²) in [6.45, 7) is 5.52. The molecule has 28 heavy (non-hydrogen) atoms. The molecule has 2 aromatic carbocycles. The normalized spacial score (nSPS) is 10.9. The number of aryl methyl sites for hydroxylation is 4. The summed E-state index contributed by atoms with van der Waals surface area (Å²) in [6.07, 6.45) is 0.0581. The molecule has 0 saturated heterocycles. The number of carbonyl (C=O) groups excluding carboxylic acids is 2. The Morgan fingerprint density at radius 1 is 0.964 bits per heavy atom. The lowest BCUT2D eigenvalue weighted by Crippen LogP contribution is -2.13. The zero-order chi connectivity index (χ0) is 20.6. The maximum atomic E-state index is 13.3. The smallest absolute Gasteiger partial charge is 0.199 e. The Bertz CT molecular complexity index is 1080. The van der Waals surface area contributed by atoms with Gasteiger partial charge < -0.3 is 0 Å². The van der Waals surface area contributed by atoms with Gasteiger partial charge in [0, 0.05) is 12.6 Å². The van der Waals surface area contributed by atoms with Crippen LogP contribution in [0.5, 0.6) is 0 Å². The lowest BCUT2D eigenvalue weighted by molar-refractivity contribution is 0.0990. The fourth-order valence-electron chi connectivity index (χ4n) is 3.19. The molecule has 3 aromatic rings. The van der Waals surface area contributed by atoms with E-state index < -0.39 is 0 Å². The lowest BCUT2D eigenvalue weighted by Gasteiger charge is -2.10. The Morgan fingerprint density at radius 3 is 2.25 bits per heavy atom. The zero-order valence-corrected chi connectivity index (χ0v) is 17.6. The molecule has 0 aliphatic heterocycles. The van der Waals surface area contributed by atoms with Gasteiger partial charge in [-0.05, 0) is 32.4 Å². The average molecular weight is 415 g/mol. The fraction of sp³-hybridized carbons (Fsp3) is 0.227. The van der Waals surface area contributed by atoms with Crippen molar-refractivity contribution < 1.29 is 9.59 Å². The number of nitrogens with zero attached hydrogens (tertiary/aromatic N) is 2. The summed E-state index contributed by atoms with van der Waals surface area (Å²) in [4.78, 5) is 26.1. The molecule has 0 aliphatic rings. The summed E-state index contributed by atoms with van der Waals surface area (Å²) in [5, 5.41) is 4.95. The van der Waals surface area contributed by atoms with Crippen LogP contribution in [0.4, 0.5) is 0 Å². The molecule has 0 radical (unpaired) electrons. The fourth-order valence-corrected chi connectivity index (χ4v) is 3.73. The molecular formula is C22H20Cl2N2O2. The first kappa shape index (κ1) is 20.3. The largest absolute Gasteiger partial charge is 0.294 e. The van der Waals surface area contributed by atoms with E-state index in [2.05, 4.69) is 5.10 Å². The van der Waals surface area contributed by atoms with E-state index in [0.29, 0.717) is 27.5 Å². The first-order valence-electron chi connectivity index (χ1n) is 8.82. The van der Waals surface area contributed by atoms with Crippen molar-refractivity contribution in [2.24, 2.45) is 7.05 Å². The summed E-state index contributed by atoms with van der Waals surface area (Å²) in [5.74, 6) is -0.408. The second kappa shape index (κ2) is 7.90. The predicted octanol–water partition coefficient (Wildman–Crippen LogP) is 5.31. The Morgan fingerprint density at radius 2 is 1.61 bits per heavy atom. The molecule has 1 aromatic heterocycles. The summed E-state index contributed by atoms with van der Waals surface area (Å²) in [7, 11) is 1.72. The molecule has 3 rings (SSSR count). The van der Waals surface area contributed by atoms with Gasteiger partial charge in [0.2, 0.25) is 0 Å². The van der Waals surface area contributed by atoms with Crippen LogP contribution < -0.4 is 0 Å². The molecule has 1 heterocycles. The first-order chi connectivity index (χ1) is 13.2. The predicted molar refractivity (Wildman–Crippen MR) is 112 cm³/mol. The van der Waals surface area contributed by atoms with Crippen LogP contribution in [0, 0.1) is 20.8 Å². The van der Waals surface area contributed by atoms with Crippen molar-refractivity contribution in [3.8, 4) is 0 Å². The molecule has 0 spiro atoms. The third-order valence-corrected chi connectivity index (χ3v) is 5.58. The standard InChI is InChI=1S/C22H20Cl2N2O2/c1-12-5-8-15(9-6-12)18(27)11-17-19(14(3)25-26(17)4)22(28)20-16(23)10-7-13(2)21(20)24/h5-10H,11H2,1-4H3. The van der Waals surface area contributed by atoms with Gasteiger partial charge >= 0.3 is 0 Å². The number of rotatable bonds is 5. The van der Waals surface area contributed by atoms with Gasteiger partial charge in [0.15, 0.2) is 11.6 Å². The molecule has 4 nitrogen and oxygen atoms in total. The van der Waals surface area contributed by atoms with Gasteiger partial charge in [-0.3, -0.25) is 14.3 Å². The van der Waals surface area contributed by atoms with Gasteiger partial charge in [-0.2, -0.15) is 5.10 Å².